The van der Waals surface area contributed by atoms with Gasteiger partial charge in [-0.2, -0.15) is 0 Å². The smallest absolute Gasteiger partial charge is 0.391 e. The number of carbonyl (C=O) groups excluding carboxylic acids is 1. The summed E-state index contributed by atoms with van der Waals surface area (Å²) in [5.74, 6) is -0.189. The van der Waals surface area contributed by atoms with E-state index in [9.17, 15) is 14.5 Å². The summed E-state index contributed by atoms with van der Waals surface area (Å²) >= 11 is 0. The molecular weight excluding hydrogens is 621 g/mol. The highest BCUT2D eigenvalue weighted by molar-refractivity contribution is 7.46. The molecule has 0 aromatic heterocycles. The number of rotatable bonds is 39. The van der Waals surface area contributed by atoms with Crippen LogP contribution in [0.2, 0.25) is 0 Å². The first kappa shape index (κ1) is 47.5. The molecule has 0 aliphatic heterocycles. The van der Waals surface area contributed by atoms with Crippen LogP contribution in [-0.4, -0.2) is 39.6 Å². The highest BCUT2D eigenvalue weighted by atomic mass is 31.2. The molecule has 2 atom stereocenters. The van der Waals surface area contributed by atoms with Gasteiger partial charge in [-0.25, -0.2) is 4.57 Å². The van der Waals surface area contributed by atoms with Crippen molar-refractivity contribution in [2.24, 2.45) is 0 Å². The van der Waals surface area contributed by atoms with Gasteiger partial charge >= 0.3 is 7.82 Å². The Morgan fingerprint density at radius 3 is 1.12 bits per heavy atom. The number of aliphatic hydroxyl groups is 1. The molecular formula is C40H82NO6P. The van der Waals surface area contributed by atoms with Crippen LogP contribution in [0.15, 0.2) is 0 Å². The lowest BCUT2D eigenvalue weighted by Crippen LogP contribution is -2.46. The maximum absolute atomic E-state index is 12.6. The van der Waals surface area contributed by atoms with Crippen LogP contribution in [0.1, 0.15) is 232 Å². The Hall–Kier alpha value is -0.460. The fraction of sp³-hybridized carbons (Fsp3) is 0.975. The summed E-state index contributed by atoms with van der Waals surface area (Å²) in [6.07, 6.45) is 40.9. The molecule has 288 valence electrons. The molecule has 0 fully saturated rings. The van der Waals surface area contributed by atoms with E-state index in [1.165, 1.54) is 167 Å². The zero-order valence-electron chi connectivity index (χ0n) is 31.9. The molecule has 0 aromatic rings. The summed E-state index contributed by atoms with van der Waals surface area (Å²) in [7, 11) is -4.68. The molecule has 0 saturated heterocycles. The average Bonchev–Trinajstić information content (AvgIpc) is 3.05. The van der Waals surface area contributed by atoms with Crippen LogP contribution in [0.25, 0.3) is 0 Å². The molecule has 0 aromatic carbocycles. The van der Waals surface area contributed by atoms with E-state index in [2.05, 4.69) is 23.7 Å². The minimum absolute atomic E-state index is 0.189. The van der Waals surface area contributed by atoms with E-state index in [4.69, 9.17) is 9.79 Å². The molecule has 0 bridgehead atoms. The third-order valence-corrected chi connectivity index (χ3v) is 10.3. The zero-order chi connectivity index (χ0) is 35.4. The molecule has 0 spiro atoms. The summed E-state index contributed by atoms with van der Waals surface area (Å²) in [6.45, 7) is 4.13. The van der Waals surface area contributed by atoms with E-state index in [0.29, 0.717) is 12.8 Å². The van der Waals surface area contributed by atoms with E-state index in [1.807, 2.05) is 0 Å². The van der Waals surface area contributed by atoms with E-state index in [1.54, 1.807) is 0 Å². The number of nitrogens with one attached hydrogen (secondary N) is 1. The number of amides is 1. The molecule has 48 heavy (non-hydrogen) atoms. The first-order chi connectivity index (χ1) is 23.3. The van der Waals surface area contributed by atoms with Crippen molar-refractivity contribution in [2.75, 3.05) is 6.61 Å². The molecule has 0 radical (unpaired) electrons. The lowest BCUT2D eigenvalue weighted by Gasteiger charge is -2.24. The largest absolute Gasteiger partial charge is 0.469 e. The Bertz CT molecular complexity index is 718. The second kappa shape index (κ2) is 36.3. The molecule has 0 aliphatic rings. The third kappa shape index (κ3) is 36.8. The zero-order valence-corrected chi connectivity index (χ0v) is 32.8. The number of aliphatic hydroxyl groups excluding tert-OH is 1. The van der Waals surface area contributed by atoms with Gasteiger partial charge in [0.05, 0.1) is 18.8 Å². The number of hydrogen-bond acceptors (Lipinski definition) is 4. The third-order valence-electron chi connectivity index (χ3n) is 9.84. The van der Waals surface area contributed by atoms with Gasteiger partial charge in [0.15, 0.2) is 0 Å². The van der Waals surface area contributed by atoms with E-state index < -0.39 is 26.6 Å². The lowest BCUT2D eigenvalue weighted by molar-refractivity contribution is -0.123. The molecule has 0 heterocycles. The Kier molecular flexibility index (Phi) is 36.0. The number of unbranched alkanes of at least 4 members (excludes halogenated alkanes) is 30. The Morgan fingerprint density at radius 2 is 0.812 bits per heavy atom. The van der Waals surface area contributed by atoms with Crippen molar-refractivity contribution in [1.29, 1.82) is 0 Å². The van der Waals surface area contributed by atoms with Gasteiger partial charge in [0.1, 0.15) is 0 Å². The van der Waals surface area contributed by atoms with Crippen molar-refractivity contribution in [1.82, 2.24) is 5.32 Å². The van der Waals surface area contributed by atoms with Crippen LogP contribution in [0.4, 0.5) is 0 Å². The topological polar surface area (TPSA) is 116 Å². The van der Waals surface area contributed by atoms with Gasteiger partial charge in [-0.3, -0.25) is 9.32 Å². The summed E-state index contributed by atoms with van der Waals surface area (Å²) in [6, 6.07) is -0.817. The normalized spacial score (nSPS) is 13.2. The van der Waals surface area contributed by atoms with Crippen LogP contribution in [0, 0.1) is 0 Å². The van der Waals surface area contributed by atoms with Gasteiger partial charge in [0.2, 0.25) is 5.91 Å². The van der Waals surface area contributed by atoms with Crippen molar-refractivity contribution in [3.8, 4) is 0 Å². The maximum Gasteiger partial charge on any atom is 0.469 e. The first-order valence-electron chi connectivity index (χ1n) is 21.0. The molecule has 7 nitrogen and oxygen atoms in total. The Balaban J connectivity index is 3.85. The van der Waals surface area contributed by atoms with Crippen molar-refractivity contribution < 1.29 is 28.8 Å². The minimum Gasteiger partial charge on any atom is -0.391 e. The predicted octanol–water partition coefficient (Wildman–Crippen LogP) is 12.2. The van der Waals surface area contributed by atoms with Crippen molar-refractivity contribution in [3.63, 3.8) is 0 Å². The van der Waals surface area contributed by atoms with Gasteiger partial charge in [0.25, 0.3) is 0 Å². The van der Waals surface area contributed by atoms with Crippen molar-refractivity contribution in [3.05, 3.63) is 0 Å². The molecule has 8 heteroatoms. The number of phosphoric ester groups is 1. The highest BCUT2D eigenvalue weighted by Gasteiger charge is 2.25. The standard InChI is InChI=1S/C40H82NO6P/c1-3-5-7-9-11-13-15-17-18-19-20-21-22-24-26-28-30-32-34-36-40(43)41-38(37-47-48(44,45)46)39(42)35-33-31-29-27-25-23-16-14-12-10-8-6-4-2/h38-39,42H,3-37H2,1-2H3,(H,41,43)(H2,44,45,46)/t38-,39+/m0/s1. The number of hydrogen-bond donors (Lipinski definition) is 4. The molecule has 0 unspecified atom stereocenters. The number of carbonyl (C=O) groups is 1. The molecule has 0 rings (SSSR count). The second-order valence-corrected chi connectivity index (χ2v) is 15.9. The highest BCUT2D eigenvalue weighted by Crippen LogP contribution is 2.36. The van der Waals surface area contributed by atoms with E-state index in [-0.39, 0.29) is 5.91 Å². The average molecular weight is 704 g/mol. The monoisotopic (exact) mass is 704 g/mol. The minimum atomic E-state index is -4.68. The van der Waals surface area contributed by atoms with Crippen molar-refractivity contribution >= 4 is 13.7 Å². The van der Waals surface area contributed by atoms with Crippen LogP contribution < -0.4 is 5.32 Å². The first-order valence-corrected chi connectivity index (χ1v) is 22.5. The summed E-state index contributed by atoms with van der Waals surface area (Å²) in [5.41, 5.74) is 0. The van der Waals surface area contributed by atoms with Crippen LogP contribution in [-0.2, 0) is 13.9 Å². The fourth-order valence-electron chi connectivity index (χ4n) is 6.64. The number of phosphoric acid groups is 1. The molecule has 4 N–H and O–H groups in total. The molecule has 0 aliphatic carbocycles. The van der Waals surface area contributed by atoms with Gasteiger partial charge in [-0.05, 0) is 12.8 Å². The predicted molar refractivity (Wildman–Crippen MR) is 204 cm³/mol. The molecule has 0 saturated carbocycles. The van der Waals surface area contributed by atoms with E-state index in [0.717, 1.165) is 38.5 Å². The molecule has 1 amide bonds. The summed E-state index contributed by atoms with van der Waals surface area (Å²) in [5, 5.41) is 13.5. The van der Waals surface area contributed by atoms with E-state index >= 15 is 0 Å². The lowest BCUT2D eigenvalue weighted by atomic mass is 10.0. The van der Waals surface area contributed by atoms with Crippen molar-refractivity contribution in [2.45, 2.75) is 244 Å². The van der Waals surface area contributed by atoms with Gasteiger partial charge in [0, 0.05) is 6.42 Å². The maximum atomic E-state index is 12.6. The fourth-order valence-corrected chi connectivity index (χ4v) is 7.00. The van der Waals surface area contributed by atoms with Gasteiger partial charge in [-0.1, -0.05) is 213 Å². The quantitative estimate of drug-likeness (QED) is 0.0374. The Labute approximate surface area is 298 Å². The van der Waals surface area contributed by atoms with Crippen LogP contribution >= 0.6 is 7.82 Å². The van der Waals surface area contributed by atoms with Gasteiger partial charge < -0.3 is 20.2 Å². The summed E-state index contributed by atoms with van der Waals surface area (Å²) < 4.78 is 15.9. The SMILES string of the molecule is CCCCCCCCCCCCCCCCCCCCCC(=O)N[C@@H](COP(=O)(O)O)[C@H](O)CCCCCCCCCCCCCCC. The van der Waals surface area contributed by atoms with Crippen LogP contribution in [0.3, 0.4) is 0 Å². The second-order valence-electron chi connectivity index (χ2n) is 14.7. The Morgan fingerprint density at radius 1 is 0.521 bits per heavy atom. The van der Waals surface area contributed by atoms with Crippen LogP contribution in [0.5, 0.6) is 0 Å². The summed E-state index contributed by atoms with van der Waals surface area (Å²) in [4.78, 5) is 30.9. The van der Waals surface area contributed by atoms with Gasteiger partial charge in [-0.15, -0.1) is 0 Å².